The van der Waals surface area contributed by atoms with Crippen molar-refractivity contribution in [1.29, 1.82) is 0 Å². The Balaban J connectivity index is 1.23. The van der Waals surface area contributed by atoms with Gasteiger partial charge in [-0.2, -0.15) is 0 Å². The molecular formula is C25H32N4O4S. The zero-order valence-corrected chi connectivity index (χ0v) is 20.7. The summed E-state index contributed by atoms with van der Waals surface area (Å²) in [5, 5.41) is 4.06. The van der Waals surface area contributed by atoms with E-state index in [0.717, 1.165) is 63.6 Å². The molecule has 0 unspecified atom stereocenters. The molecule has 0 atom stereocenters. The van der Waals surface area contributed by atoms with Gasteiger partial charge in [0.05, 0.1) is 11.3 Å². The number of amides is 2. The third-order valence-corrected chi connectivity index (χ3v) is 7.15. The summed E-state index contributed by atoms with van der Waals surface area (Å²) in [5.41, 5.74) is 2.82. The van der Waals surface area contributed by atoms with Gasteiger partial charge in [-0.1, -0.05) is 6.42 Å². The molecule has 1 saturated heterocycles. The number of rotatable bonds is 8. The van der Waals surface area contributed by atoms with E-state index in [1.807, 2.05) is 0 Å². The molecule has 0 bridgehead atoms. The largest absolute Gasteiger partial charge is 0.457 e. The number of hydrogen-bond acceptors (Lipinski definition) is 6. The number of ether oxygens (including phenoxy) is 1. The zero-order valence-electron chi connectivity index (χ0n) is 19.9. The van der Waals surface area contributed by atoms with Crippen molar-refractivity contribution in [3.05, 3.63) is 40.5 Å². The lowest BCUT2D eigenvalue weighted by Crippen LogP contribution is -2.51. The molecule has 0 spiro atoms. The van der Waals surface area contributed by atoms with E-state index in [9.17, 15) is 14.4 Å². The molecule has 34 heavy (non-hydrogen) atoms. The second kappa shape index (κ2) is 10.7. The number of benzene rings is 1. The summed E-state index contributed by atoms with van der Waals surface area (Å²) in [6.07, 6.45) is 3.54. The van der Waals surface area contributed by atoms with Crippen molar-refractivity contribution < 1.29 is 19.1 Å². The van der Waals surface area contributed by atoms with Gasteiger partial charge in [-0.15, -0.1) is 0 Å². The summed E-state index contributed by atoms with van der Waals surface area (Å²) in [5.74, 6) is -0.895. The molecule has 1 aromatic rings. The first kappa shape index (κ1) is 24.3. The molecule has 2 amide bonds. The molecule has 9 heteroatoms. The second-order valence-electron chi connectivity index (χ2n) is 8.94. The van der Waals surface area contributed by atoms with Crippen LogP contribution in [0.5, 0.6) is 0 Å². The molecule has 8 nitrogen and oxygen atoms in total. The molecule has 1 fully saturated rings. The van der Waals surface area contributed by atoms with Crippen LogP contribution in [0.15, 0.2) is 29.3 Å². The van der Waals surface area contributed by atoms with E-state index in [1.54, 1.807) is 25.1 Å². The number of unbranched alkanes of at least 4 members (excludes halogenated alkanes) is 2. The van der Waals surface area contributed by atoms with Gasteiger partial charge in [-0.3, -0.25) is 14.5 Å². The Morgan fingerprint density at radius 1 is 1.06 bits per heavy atom. The lowest BCUT2D eigenvalue weighted by Gasteiger charge is -2.36. The van der Waals surface area contributed by atoms with Crippen LogP contribution >= 0.6 is 12.2 Å². The highest BCUT2D eigenvalue weighted by atomic mass is 32.1. The number of imide groups is 1. The SMILES string of the molecule is CCNC(=S)N1CCN(CCCCCC2=C(C)C(=O)N(c3ccc4c(c3)COC4=O)C2=O)CC1. The summed E-state index contributed by atoms with van der Waals surface area (Å²) in [4.78, 5) is 43.5. The Morgan fingerprint density at radius 3 is 2.56 bits per heavy atom. The first-order valence-electron chi connectivity index (χ1n) is 12.0. The summed E-state index contributed by atoms with van der Waals surface area (Å²) in [6.45, 7) is 9.77. The molecule has 0 aliphatic carbocycles. The van der Waals surface area contributed by atoms with E-state index in [-0.39, 0.29) is 24.4 Å². The van der Waals surface area contributed by atoms with Gasteiger partial charge in [0.25, 0.3) is 11.8 Å². The normalized spacial score (nSPS) is 18.6. The van der Waals surface area contributed by atoms with Crippen LogP contribution in [-0.4, -0.2) is 72.0 Å². The van der Waals surface area contributed by atoms with Crippen LogP contribution in [0.4, 0.5) is 5.69 Å². The Kier molecular flexibility index (Phi) is 7.63. The minimum Gasteiger partial charge on any atom is -0.457 e. The average Bonchev–Trinajstić information content (AvgIpc) is 3.30. The maximum atomic E-state index is 13.1. The van der Waals surface area contributed by atoms with Crippen LogP contribution in [0.3, 0.4) is 0 Å². The third-order valence-electron chi connectivity index (χ3n) is 6.75. The first-order valence-corrected chi connectivity index (χ1v) is 12.4. The third kappa shape index (κ3) is 5.00. The Morgan fingerprint density at radius 2 is 1.82 bits per heavy atom. The highest BCUT2D eigenvalue weighted by Gasteiger charge is 2.37. The maximum absolute atomic E-state index is 13.1. The second-order valence-corrected chi connectivity index (χ2v) is 9.33. The van der Waals surface area contributed by atoms with Crippen LogP contribution in [0.2, 0.25) is 0 Å². The van der Waals surface area contributed by atoms with Gasteiger partial charge in [-0.05, 0) is 70.1 Å². The molecule has 3 aliphatic rings. The monoisotopic (exact) mass is 484 g/mol. The Labute approximate surface area is 205 Å². The van der Waals surface area contributed by atoms with Crippen LogP contribution in [0.25, 0.3) is 0 Å². The fraction of sp³-hybridized carbons (Fsp3) is 0.520. The number of carbonyl (C=O) groups is 3. The molecule has 182 valence electrons. The van der Waals surface area contributed by atoms with Crippen LogP contribution in [-0.2, 0) is 20.9 Å². The van der Waals surface area contributed by atoms with E-state index >= 15 is 0 Å². The molecule has 0 saturated carbocycles. The quantitative estimate of drug-likeness (QED) is 0.261. The van der Waals surface area contributed by atoms with Gasteiger partial charge in [0.2, 0.25) is 0 Å². The standard InChI is InChI=1S/C25H32N4O4S/c1-3-26-25(34)28-13-11-27(12-14-28)10-6-4-5-7-20-17(2)22(30)29(23(20)31)19-8-9-21-18(15-19)16-33-24(21)32/h8-9,15H,3-7,10-14,16H2,1-2H3,(H,26,34). The van der Waals surface area contributed by atoms with Gasteiger partial charge in [0.1, 0.15) is 6.61 Å². The molecule has 0 aromatic heterocycles. The number of nitrogens with zero attached hydrogens (tertiary/aromatic N) is 3. The van der Waals surface area contributed by atoms with Gasteiger partial charge in [0.15, 0.2) is 5.11 Å². The number of piperazine rings is 1. The van der Waals surface area contributed by atoms with Crippen LogP contribution in [0, 0.1) is 0 Å². The van der Waals surface area contributed by atoms with E-state index in [4.69, 9.17) is 17.0 Å². The Bertz CT molecular complexity index is 1030. The molecule has 1 aromatic carbocycles. The number of thiocarbonyl (C=S) groups is 1. The highest BCUT2D eigenvalue weighted by Crippen LogP contribution is 2.32. The number of fused-ring (bicyclic) bond motifs is 1. The van der Waals surface area contributed by atoms with Crippen molar-refractivity contribution in [1.82, 2.24) is 15.1 Å². The summed E-state index contributed by atoms with van der Waals surface area (Å²) >= 11 is 5.40. The number of cyclic esters (lactones) is 1. The summed E-state index contributed by atoms with van der Waals surface area (Å²) in [6, 6.07) is 4.97. The number of nitrogens with one attached hydrogen (secondary N) is 1. The summed E-state index contributed by atoms with van der Waals surface area (Å²) < 4.78 is 5.03. The average molecular weight is 485 g/mol. The molecule has 1 N–H and O–H groups in total. The highest BCUT2D eigenvalue weighted by molar-refractivity contribution is 7.80. The van der Waals surface area contributed by atoms with Gasteiger partial charge < -0.3 is 15.0 Å². The smallest absolute Gasteiger partial charge is 0.338 e. The number of esters is 1. The minimum absolute atomic E-state index is 0.175. The predicted molar refractivity (Wildman–Crippen MR) is 134 cm³/mol. The van der Waals surface area contributed by atoms with Crippen LogP contribution < -0.4 is 10.2 Å². The van der Waals surface area contributed by atoms with E-state index in [0.29, 0.717) is 34.4 Å². The fourth-order valence-electron chi connectivity index (χ4n) is 4.72. The minimum atomic E-state index is -0.366. The molecule has 3 heterocycles. The van der Waals surface area contributed by atoms with Crippen molar-refractivity contribution in [3.63, 3.8) is 0 Å². The molecular weight excluding hydrogens is 452 g/mol. The number of anilines is 1. The van der Waals surface area contributed by atoms with E-state index in [1.165, 1.54) is 4.90 Å². The number of hydrogen-bond donors (Lipinski definition) is 1. The molecule has 0 radical (unpaired) electrons. The zero-order chi connectivity index (χ0) is 24.2. The lowest BCUT2D eigenvalue weighted by molar-refractivity contribution is -0.120. The van der Waals surface area contributed by atoms with Crippen molar-refractivity contribution in [3.8, 4) is 0 Å². The maximum Gasteiger partial charge on any atom is 0.338 e. The van der Waals surface area contributed by atoms with E-state index in [2.05, 4.69) is 22.0 Å². The van der Waals surface area contributed by atoms with Gasteiger partial charge >= 0.3 is 5.97 Å². The predicted octanol–water partition coefficient (Wildman–Crippen LogP) is 2.62. The first-order chi connectivity index (χ1) is 16.4. The van der Waals surface area contributed by atoms with Crippen LogP contribution in [0.1, 0.15) is 55.5 Å². The molecule has 3 aliphatic heterocycles. The van der Waals surface area contributed by atoms with Crippen molar-refractivity contribution in [2.24, 2.45) is 0 Å². The molecule has 4 rings (SSSR count). The van der Waals surface area contributed by atoms with Crippen molar-refractivity contribution in [2.45, 2.75) is 46.1 Å². The fourth-order valence-corrected chi connectivity index (χ4v) is 5.05. The Hall–Kier alpha value is -2.78. The van der Waals surface area contributed by atoms with E-state index < -0.39 is 0 Å². The van der Waals surface area contributed by atoms with Crippen molar-refractivity contribution in [2.75, 3.05) is 44.2 Å². The van der Waals surface area contributed by atoms with Gasteiger partial charge in [0, 0.05) is 49.4 Å². The number of carbonyl (C=O) groups excluding carboxylic acids is 3. The van der Waals surface area contributed by atoms with Gasteiger partial charge in [-0.25, -0.2) is 9.69 Å². The van der Waals surface area contributed by atoms with Crippen molar-refractivity contribution >= 4 is 40.8 Å². The summed E-state index contributed by atoms with van der Waals surface area (Å²) in [7, 11) is 0. The lowest BCUT2D eigenvalue weighted by atomic mass is 10.0. The topological polar surface area (TPSA) is 82.2 Å².